The summed E-state index contributed by atoms with van der Waals surface area (Å²) in [5.41, 5.74) is 0. The molecule has 108 valence electrons. The smallest absolute Gasteiger partial charge is 0.214 e. The summed E-state index contributed by atoms with van der Waals surface area (Å²) in [4.78, 5) is 0. The zero-order valence-electron chi connectivity index (χ0n) is 11.2. The number of nitrogens with one attached hydrogen (secondary N) is 1. The van der Waals surface area contributed by atoms with E-state index < -0.39 is 20.8 Å². The van der Waals surface area contributed by atoms with E-state index in [1.807, 2.05) is 0 Å². The highest BCUT2D eigenvalue weighted by Crippen LogP contribution is 2.09. The normalized spacial score (nSPS) is 19.5. The van der Waals surface area contributed by atoms with Gasteiger partial charge in [0.25, 0.3) is 0 Å². The fourth-order valence-electron chi connectivity index (χ4n) is 1.83. The molecule has 1 aliphatic rings. The molecule has 0 amide bonds. The average molecular weight is 296 g/mol. The van der Waals surface area contributed by atoms with Crippen molar-refractivity contribution in [1.29, 1.82) is 0 Å². The number of sulfonamides is 1. The highest BCUT2D eigenvalue weighted by Gasteiger charge is 2.25. The van der Waals surface area contributed by atoms with Gasteiger partial charge in [-0.25, -0.2) is 12.7 Å². The lowest BCUT2D eigenvalue weighted by Crippen LogP contribution is -2.42. The maximum Gasteiger partial charge on any atom is 0.214 e. The van der Waals surface area contributed by atoms with Gasteiger partial charge in [-0.15, -0.1) is 0 Å². The van der Waals surface area contributed by atoms with Gasteiger partial charge in [0.1, 0.15) is 0 Å². The third kappa shape index (κ3) is 5.77. The molecule has 1 fully saturated rings. The van der Waals surface area contributed by atoms with E-state index in [-0.39, 0.29) is 5.75 Å². The van der Waals surface area contributed by atoms with E-state index in [0.29, 0.717) is 37.1 Å². The van der Waals surface area contributed by atoms with Crippen LogP contribution >= 0.6 is 0 Å². The van der Waals surface area contributed by atoms with Crippen molar-refractivity contribution in [2.24, 2.45) is 0 Å². The summed E-state index contributed by atoms with van der Waals surface area (Å²) >= 11 is 0. The fourth-order valence-corrected chi connectivity index (χ4v) is 4.68. The first-order valence-corrected chi connectivity index (χ1v) is 9.58. The number of unbranched alkanes of at least 4 members (excludes halogenated alkanes) is 1. The number of nitrogens with zero attached hydrogens (tertiary/aromatic N) is 1. The van der Waals surface area contributed by atoms with Gasteiger partial charge in [0, 0.05) is 41.4 Å². The molecule has 0 radical (unpaired) electrons. The Labute approximate surface area is 113 Å². The second-order valence-electron chi connectivity index (χ2n) is 4.88. The minimum Gasteiger partial charge on any atom is -0.315 e. The third-order valence-electron chi connectivity index (χ3n) is 2.91. The third-order valence-corrected chi connectivity index (χ3v) is 6.14. The molecule has 0 bridgehead atoms. The number of hydrogen-bond acceptors (Lipinski definition) is 4. The molecule has 0 aromatic rings. The van der Waals surface area contributed by atoms with Crippen LogP contribution in [-0.2, 0) is 20.8 Å². The number of rotatable bonds is 7. The highest BCUT2D eigenvalue weighted by atomic mass is 32.2. The second-order valence-corrected chi connectivity index (χ2v) is 8.66. The monoisotopic (exact) mass is 296 g/mol. The van der Waals surface area contributed by atoms with Crippen LogP contribution in [0.25, 0.3) is 0 Å². The molecule has 0 atom stereocenters. The van der Waals surface area contributed by atoms with Crippen LogP contribution in [0.1, 0.15) is 26.7 Å². The lowest BCUT2D eigenvalue weighted by atomic mass is 10.3. The molecular weight excluding hydrogens is 272 g/mol. The summed E-state index contributed by atoms with van der Waals surface area (Å²) < 4.78 is 36.7. The van der Waals surface area contributed by atoms with Crippen molar-refractivity contribution in [3.63, 3.8) is 0 Å². The van der Waals surface area contributed by atoms with E-state index in [0.717, 1.165) is 13.0 Å². The van der Waals surface area contributed by atoms with E-state index in [4.69, 9.17) is 0 Å². The molecule has 0 aromatic heterocycles. The van der Waals surface area contributed by atoms with Crippen LogP contribution in [-0.4, -0.2) is 59.9 Å². The van der Waals surface area contributed by atoms with Gasteiger partial charge >= 0.3 is 0 Å². The minimum absolute atomic E-state index is 0.208. The van der Waals surface area contributed by atoms with Crippen LogP contribution in [0.5, 0.6) is 0 Å². The van der Waals surface area contributed by atoms with Gasteiger partial charge < -0.3 is 5.32 Å². The Balaban J connectivity index is 2.25. The largest absolute Gasteiger partial charge is 0.315 e. The van der Waals surface area contributed by atoms with Gasteiger partial charge in [0.15, 0.2) is 0 Å². The maximum absolute atomic E-state index is 12.0. The molecule has 0 unspecified atom stereocenters. The Bertz CT molecular complexity index is 358. The topological polar surface area (TPSA) is 66.5 Å². The quantitative estimate of drug-likeness (QED) is 0.680. The predicted molar refractivity (Wildman–Crippen MR) is 75.6 cm³/mol. The molecule has 5 nitrogen and oxygen atoms in total. The molecule has 18 heavy (non-hydrogen) atoms. The summed E-state index contributed by atoms with van der Waals surface area (Å²) in [7, 11) is -3.96. The van der Waals surface area contributed by atoms with Crippen molar-refractivity contribution >= 4 is 20.8 Å². The molecular formula is C11H24N2O3S2. The lowest BCUT2D eigenvalue weighted by Gasteiger charge is -2.25. The summed E-state index contributed by atoms with van der Waals surface area (Å²) in [6.07, 6.45) is 1.55. The molecule has 0 aliphatic carbocycles. The van der Waals surface area contributed by atoms with E-state index in [1.54, 1.807) is 0 Å². The first kappa shape index (κ1) is 16.1. The SMILES string of the molecule is CC(C)NCCCCS(=O)(=O)N1CCS(=O)CC1. The second kappa shape index (κ2) is 7.57. The van der Waals surface area contributed by atoms with Gasteiger partial charge in [-0.3, -0.25) is 4.21 Å². The summed E-state index contributed by atoms with van der Waals surface area (Å²) in [5.74, 6) is 1.17. The Morgan fingerprint density at radius 2 is 1.83 bits per heavy atom. The minimum atomic E-state index is -3.14. The van der Waals surface area contributed by atoms with E-state index in [1.165, 1.54) is 4.31 Å². The summed E-state index contributed by atoms with van der Waals surface area (Å²) in [6.45, 7) is 5.84. The van der Waals surface area contributed by atoms with Gasteiger partial charge in [0.05, 0.1) is 5.75 Å². The highest BCUT2D eigenvalue weighted by molar-refractivity contribution is 7.89. The predicted octanol–water partition coefficient (Wildman–Crippen LogP) is 0.159. The van der Waals surface area contributed by atoms with Crippen LogP contribution < -0.4 is 5.32 Å². The summed E-state index contributed by atoms with van der Waals surface area (Å²) in [6, 6.07) is 0.443. The molecule has 1 heterocycles. The van der Waals surface area contributed by atoms with E-state index >= 15 is 0 Å². The fraction of sp³-hybridized carbons (Fsp3) is 1.00. The van der Waals surface area contributed by atoms with Crippen molar-refractivity contribution in [3.8, 4) is 0 Å². The molecule has 1 saturated heterocycles. The summed E-state index contributed by atoms with van der Waals surface area (Å²) in [5, 5.41) is 3.27. The van der Waals surface area contributed by atoms with Gasteiger partial charge in [0.2, 0.25) is 10.0 Å². The first-order chi connectivity index (χ1) is 8.42. The van der Waals surface area contributed by atoms with Gasteiger partial charge in [-0.2, -0.15) is 0 Å². The Morgan fingerprint density at radius 3 is 2.39 bits per heavy atom. The van der Waals surface area contributed by atoms with E-state index in [9.17, 15) is 12.6 Å². The van der Waals surface area contributed by atoms with Crippen LogP contribution in [0.15, 0.2) is 0 Å². The standard InChI is InChI=1S/C11H24N2O3S2/c1-11(2)12-5-3-4-10-18(15,16)13-6-8-17(14)9-7-13/h11-12H,3-10H2,1-2H3. The number of hydrogen-bond donors (Lipinski definition) is 1. The molecule has 7 heteroatoms. The Hall–Kier alpha value is 0.0200. The lowest BCUT2D eigenvalue weighted by molar-refractivity contribution is 0.436. The molecule has 0 saturated carbocycles. The molecule has 0 aromatic carbocycles. The first-order valence-electron chi connectivity index (χ1n) is 6.48. The maximum atomic E-state index is 12.0. The Kier molecular flexibility index (Phi) is 6.76. The zero-order valence-corrected chi connectivity index (χ0v) is 12.9. The van der Waals surface area contributed by atoms with Crippen LogP contribution in [0.4, 0.5) is 0 Å². The average Bonchev–Trinajstić information content (AvgIpc) is 2.28. The van der Waals surface area contributed by atoms with E-state index in [2.05, 4.69) is 19.2 Å². The van der Waals surface area contributed by atoms with Crippen LogP contribution in [0, 0.1) is 0 Å². The van der Waals surface area contributed by atoms with Crippen molar-refractivity contribution < 1.29 is 12.6 Å². The van der Waals surface area contributed by atoms with Gasteiger partial charge in [-0.1, -0.05) is 13.8 Å². The van der Waals surface area contributed by atoms with Crippen LogP contribution in [0.3, 0.4) is 0 Å². The van der Waals surface area contributed by atoms with Crippen molar-refractivity contribution in [2.75, 3.05) is 36.9 Å². The van der Waals surface area contributed by atoms with Crippen molar-refractivity contribution in [3.05, 3.63) is 0 Å². The van der Waals surface area contributed by atoms with Crippen molar-refractivity contribution in [2.45, 2.75) is 32.7 Å². The molecule has 1 rings (SSSR count). The van der Waals surface area contributed by atoms with Crippen molar-refractivity contribution in [1.82, 2.24) is 9.62 Å². The molecule has 1 N–H and O–H groups in total. The Morgan fingerprint density at radius 1 is 1.22 bits per heavy atom. The van der Waals surface area contributed by atoms with Gasteiger partial charge in [-0.05, 0) is 19.4 Å². The van der Waals surface area contributed by atoms with Crippen LogP contribution in [0.2, 0.25) is 0 Å². The zero-order chi connectivity index (χ0) is 13.6. The molecule has 1 aliphatic heterocycles. The molecule has 0 spiro atoms.